The lowest BCUT2D eigenvalue weighted by Gasteiger charge is -2.27. The molecule has 0 aliphatic carbocycles. The Bertz CT molecular complexity index is 1090. The average Bonchev–Trinajstić information content (AvgIpc) is 3.02. The second kappa shape index (κ2) is 24.3. The predicted molar refractivity (Wildman–Crippen MR) is 178 cm³/mol. The Morgan fingerprint density at radius 1 is 0.612 bits per heavy atom. The molecule has 0 saturated heterocycles. The Labute approximate surface area is 286 Å². The third-order valence-corrected chi connectivity index (χ3v) is 7.43. The fourth-order valence-electron chi connectivity index (χ4n) is 4.54. The van der Waals surface area contributed by atoms with E-state index in [0.29, 0.717) is 32.2 Å². The number of unbranched alkanes of at least 4 members (excludes halogenated alkanes) is 2. The Balaban J connectivity index is 6.01. The van der Waals surface area contributed by atoms with E-state index < -0.39 is 90.4 Å². The van der Waals surface area contributed by atoms with E-state index in [1.54, 1.807) is 13.8 Å². The Morgan fingerprint density at radius 2 is 1.00 bits per heavy atom. The smallest absolute Gasteiger partial charge is 0.326 e. The molecule has 0 fully saturated rings. The number of carboxylic acids is 1. The van der Waals surface area contributed by atoms with Crippen molar-refractivity contribution >= 4 is 41.4 Å². The normalized spacial score (nSPS) is 15.4. The Hall–Kier alpha value is -3.91. The summed E-state index contributed by atoms with van der Waals surface area (Å²) in [6, 6.07) is -8.12. The van der Waals surface area contributed by atoms with E-state index in [0.717, 1.165) is 0 Å². The van der Waals surface area contributed by atoms with Crippen molar-refractivity contribution in [3.05, 3.63) is 0 Å². The van der Waals surface area contributed by atoms with E-state index in [9.17, 15) is 48.9 Å². The molecule has 0 aromatic heterocycles. The fraction of sp³-hybridized carbons (Fsp3) is 0.767. The summed E-state index contributed by atoms with van der Waals surface area (Å²) in [5.41, 5.74) is 22.0. The van der Waals surface area contributed by atoms with Crippen LogP contribution in [0, 0.1) is 5.92 Å². The summed E-state index contributed by atoms with van der Waals surface area (Å²) in [5.74, 6) is -6.56. The number of aliphatic hydroxyl groups is 2. The third kappa shape index (κ3) is 18.4. The predicted octanol–water partition coefficient (Wildman–Crippen LogP) is -4.24. The quantitative estimate of drug-likeness (QED) is 0.0380. The van der Waals surface area contributed by atoms with Crippen LogP contribution in [0.1, 0.15) is 78.6 Å². The van der Waals surface area contributed by atoms with Crippen LogP contribution in [0.2, 0.25) is 0 Å². The number of hydrogen-bond donors (Lipinski definition) is 12. The molecular formula is C30H57N9O10. The maximum Gasteiger partial charge on any atom is 0.326 e. The van der Waals surface area contributed by atoms with Gasteiger partial charge in [-0.1, -0.05) is 13.8 Å². The highest BCUT2D eigenvalue weighted by Crippen LogP contribution is 2.09. The van der Waals surface area contributed by atoms with Gasteiger partial charge in [0.25, 0.3) is 0 Å². The van der Waals surface area contributed by atoms with Gasteiger partial charge < -0.3 is 64.8 Å². The van der Waals surface area contributed by atoms with Crippen molar-refractivity contribution in [1.82, 2.24) is 26.6 Å². The zero-order chi connectivity index (χ0) is 37.7. The highest BCUT2D eigenvalue weighted by atomic mass is 16.4. The minimum Gasteiger partial charge on any atom is -0.480 e. The van der Waals surface area contributed by atoms with Crippen LogP contribution in [0.3, 0.4) is 0 Å². The molecule has 6 amide bonds. The number of nitrogens with one attached hydrogen (secondary N) is 5. The van der Waals surface area contributed by atoms with Gasteiger partial charge >= 0.3 is 5.97 Å². The van der Waals surface area contributed by atoms with Gasteiger partial charge in [0.1, 0.15) is 36.3 Å². The summed E-state index contributed by atoms with van der Waals surface area (Å²) >= 11 is 0. The molecule has 0 aromatic carbocycles. The summed E-state index contributed by atoms with van der Waals surface area (Å²) in [4.78, 5) is 88.6. The van der Waals surface area contributed by atoms with E-state index in [4.69, 9.17) is 22.9 Å². The molecule has 0 heterocycles. The molecule has 0 aliphatic heterocycles. The van der Waals surface area contributed by atoms with Crippen LogP contribution in [0.4, 0.5) is 0 Å². The largest absolute Gasteiger partial charge is 0.480 e. The van der Waals surface area contributed by atoms with Crippen molar-refractivity contribution in [3.63, 3.8) is 0 Å². The van der Waals surface area contributed by atoms with Crippen molar-refractivity contribution in [2.45, 2.75) is 121 Å². The second-order valence-corrected chi connectivity index (χ2v) is 12.3. The van der Waals surface area contributed by atoms with Crippen LogP contribution in [-0.4, -0.2) is 119 Å². The van der Waals surface area contributed by atoms with Crippen molar-refractivity contribution in [1.29, 1.82) is 0 Å². The first-order valence-electron chi connectivity index (χ1n) is 16.5. The van der Waals surface area contributed by atoms with Gasteiger partial charge in [-0.15, -0.1) is 0 Å². The zero-order valence-electron chi connectivity index (χ0n) is 28.6. The van der Waals surface area contributed by atoms with E-state index in [1.165, 1.54) is 6.92 Å². The highest BCUT2D eigenvalue weighted by molar-refractivity contribution is 5.96. The SMILES string of the molecule is CC(C)C[C@H](NC(=O)[C@H](CCC(N)=O)NC(=O)[C@H](CCCCN)NC(=O)[C@H](CO)NC(=O)[C@H](CCCCN)NC(=O)[C@@H](N)[C@@H](C)O)C(=O)O. The molecule has 19 heteroatoms. The van der Waals surface area contributed by atoms with Crippen LogP contribution >= 0.6 is 0 Å². The summed E-state index contributed by atoms with van der Waals surface area (Å²) in [6.45, 7) is 4.50. The number of amides is 6. The van der Waals surface area contributed by atoms with Gasteiger partial charge in [-0.05, 0) is 77.3 Å². The molecule has 0 aromatic rings. The van der Waals surface area contributed by atoms with Crippen LogP contribution in [0.15, 0.2) is 0 Å². The first-order chi connectivity index (χ1) is 23.0. The number of primary amides is 1. The molecule has 0 radical (unpaired) electrons. The number of rotatable bonds is 26. The van der Waals surface area contributed by atoms with Gasteiger partial charge in [-0.3, -0.25) is 28.8 Å². The van der Waals surface area contributed by atoms with Crippen LogP contribution < -0.4 is 49.5 Å². The Morgan fingerprint density at radius 3 is 1.37 bits per heavy atom. The topological polar surface area (TPSA) is 344 Å². The van der Waals surface area contributed by atoms with Gasteiger partial charge in [0.15, 0.2) is 0 Å². The monoisotopic (exact) mass is 703 g/mol. The highest BCUT2D eigenvalue weighted by Gasteiger charge is 2.33. The van der Waals surface area contributed by atoms with Crippen LogP contribution in [0.5, 0.6) is 0 Å². The number of carbonyl (C=O) groups is 7. The molecule has 282 valence electrons. The molecule has 49 heavy (non-hydrogen) atoms. The third-order valence-electron chi connectivity index (χ3n) is 7.43. The molecular weight excluding hydrogens is 646 g/mol. The number of carbonyl (C=O) groups excluding carboxylic acids is 6. The summed E-state index contributed by atoms with van der Waals surface area (Å²) in [5, 5.41) is 41.2. The molecule has 16 N–H and O–H groups in total. The van der Waals surface area contributed by atoms with Crippen molar-refractivity contribution in [3.8, 4) is 0 Å². The maximum atomic E-state index is 13.4. The molecule has 0 rings (SSSR count). The molecule has 0 saturated carbocycles. The fourth-order valence-corrected chi connectivity index (χ4v) is 4.54. The standard InChI is InChI=1S/C30H57N9O10/c1-16(2)14-21(30(48)49)38-27(45)20(10-11-23(33)42)36-25(43)18(8-4-6-12-31)35-28(46)22(15-40)39-26(44)19(9-5-7-13-32)37-29(47)24(34)17(3)41/h16-22,24,40-41H,4-15,31-32,34H2,1-3H3,(H2,33,42)(H,35,46)(H,36,43)(H,37,47)(H,38,45)(H,39,44)(H,48,49)/t17-,18+,19+,20+,21+,22+,24+/m1/s1. The van der Waals surface area contributed by atoms with Crippen LogP contribution in [-0.2, 0) is 33.6 Å². The van der Waals surface area contributed by atoms with Gasteiger partial charge in [0.2, 0.25) is 35.4 Å². The first-order valence-corrected chi connectivity index (χ1v) is 16.5. The average molecular weight is 704 g/mol. The van der Waals surface area contributed by atoms with E-state index in [2.05, 4.69) is 26.6 Å². The van der Waals surface area contributed by atoms with Crippen LogP contribution in [0.25, 0.3) is 0 Å². The van der Waals surface area contributed by atoms with Crippen molar-refractivity contribution in [2.75, 3.05) is 19.7 Å². The molecule has 7 atom stereocenters. The van der Waals surface area contributed by atoms with Crippen molar-refractivity contribution in [2.24, 2.45) is 28.9 Å². The van der Waals surface area contributed by atoms with Gasteiger partial charge in [0, 0.05) is 6.42 Å². The number of nitrogens with two attached hydrogens (primary N) is 4. The molecule has 19 nitrogen and oxygen atoms in total. The minimum atomic E-state index is -1.59. The summed E-state index contributed by atoms with van der Waals surface area (Å²) in [6.07, 6.45) is 0.123. The molecule has 0 unspecified atom stereocenters. The van der Waals surface area contributed by atoms with Gasteiger partial charge in [-0.25, -0.2) is 4.79 Å². The minimum absolute atomic E-state index is 0.0190. The number of aliphatic hydroxyl groups excluding tert-OH is 2. The zero-order valence-corrected chi connectivity index (χ0v) is 28.6. The van der Waals surface area contributed by atoms with E-state index >= 15 is 0 Å². The lowest BCUT2D eigenvalue weighted by molar-refractivity contribution is -0.143. The summed E-state index contributed by atoms with van der Waals surface area (Å²) in [7, 11) is 0. The molecule has 0 aliphatic rings. The summed E-state index contributed by atoms with van der Waals surface area (Å²) < 4.78 is 0. The van der Waals surface area contributed by atoms with E-state index in [-0.39, 0.29) is 44.6 Å². The maximum absolute atomic E-state index is 13.4. The lowest BCUT2D eigenvalue weighted by Crippen LogP contribution is -2.60. The lowest BCUT2D eigenvalue weighted by atomic mass is 10.0. The number of carboxylic acid groups (broad SMARTS) is 1. The second-order valence-electron chi connectivity index (χ2n) is 12.3. The number of aliphatic carboxylic acids is 1. The Kier molecular flexibility index (Phi) is 22.3. The van der Waals surface area contributed by atoms with Crippen molar-refractivity contribution < 1.29 is 48.9 Å². The molecule has 0 spiro atoms. The first kappa shape index (κ1) is 45.1. The van der Waals surface area contributed by atoms with Gasteiger partial charge in [-0.2, -0.15) is 0 Å². The van der Waals surface area contributed by atoms with E-state index in [1.807, 2.05) is 0 Å². The molecule has 0 bridgehead atoms. The number of hydrogen-bond acceptors (Lipinski definition) is 12. The van der Waals surface area contributed by atoms with Gasteiger partial charge in [0.05, 0.1) is 12.7 Å².